The summed E-state index contributed by atoms with van der Waals surface area (Å²) in [6, 6.07) is 0. The first-order chi connectivity index (χ1) is 3.62. The van der Waals surface area contributed by atoms with Crippen molar-refractivity contribution in [2.24, 2.45) is 0 Å². The summed E-state index contributed by atoms with van der Waals surface area (Å²) in [5.74, 6) is 0. The van der Waals surface area contributed by atoms with E-state index in [1.165, 1.54) is 0 Å². The zero-order valence-electron chi connectivity index (χ0n) is 5.42. The van der Waals surface area contributed by atoms with E-state index in [0.29, 0.717) is 12.3 Å². The summed E-state index contributed by atoms with van der Waals surface area (Å²) in [4.78, 5) is 8.88. The molecule has 3 heteroatoms. The molecular weight excluding hydrogens is 123 g/mol. The van der Waals surface area contributed by atoms with Crippen molar-refractivity contribution < 1.29 is 9.46 Å². The average molecular weight is 136 g/mol. The lowest BCUT2D eigenvalue weighted by Crippen LogP contribution is -1.88. The Balaban J connectivity index is 3.55. The summed E-state index contributed by atoms with van der Waals surface area (Å²) in [6.07, 6.45) is 1.70. The highest BCUT2D eigenvalue weighted by atomic mass is 31.2. The topological polar surface area (TPSA) is 37.3 Å². The predicted octanol–water partition coefficient (Wildman–Crippen LogP) is 1.69. The smallest absolute Gasteiger partial charge is 0.200 e. The molecule has 0 aliphatic carbocycles. The Kier molecular flexibility index (Phi) is 3.34. The van der Waals surface area contributed by atoms with Crippen molar-refractivity contribution >= 4 is 7.37 Å². The Morgan fingerprint density at radius 2 is 2.00 bits per heavy atom. The van der Waals surface area contributed by atoms with Crippen molar-refractivity contribution in [1.29, 1.82) is 0 Å². The molecule has 1 N–H and O–H groups in total. The van der Waals surface area contributed by atoms with Gasteiger partial charge >= 0.3 is 0 Å². The van der Waals surface area contributed by atoms with E-state index in [1.54, 1.807) is 6.92 Å². The molecular formula is C5H13O2P. The molecule has 50 valence electrons. The van der Waals surface area contributed by atoms with Crippen LogP contribution in [0.5, 0.6) is 0 Å². The highest BCUT2D eigenvalue weighted by molar-refractivity contribution is 7.57. The standard InChI is InChI=1S/C5H13O2P/c1-3-5-8(6,7)4-2/h3-5H2,1-2H3,(H,6,7). The molecule has 0 amide bonds. The maximum atomic E-state index is 10.7. The first-order valence-corrected chi connectivity index (χ1v) is 4.96. The fraction of sp³-hybridized carbons (Fsp3) is 1.00. The lowest BCUT2D eigenvalue weighted by Gasteiger charge is -2.04. The average Bonchev–Trinajstić information content (AvgIpc) is 1.67. The van der Waals surface area contributed by atoms with Crippen molar-refractivity contribution in [2.75, 3.05) is 12.3 Å². The highest BCUT2D eigenvalue weighted by Gasteiger charge is 2.11. The summed E-state index contributed by atoms with van der Waals surface area (Å²) in [5, 5.41) is 0. The Hall–Kier alpha value is 0.190. The molecule has 0 fully saturated rings. The van der Waals surface area contributed by atoms with Gasteiger partial charge in [0.05, 0.1) is 0 Å². The van der Waals surface area contributed by atoms with Crippen LogP contribution in [0.1, 0.15) is 20.3 Å². The van der Waals surface area contributed by atoms with E-state index >= 15 is 0 Å². The fourth-order valence-electron chi connectivity index (χ4n) is 0.508. The SMILES string of the molecule is CCCP(=O)(O)CC. The molecule has 0 aliphatic rings. The zero-order chi connectivity index (χ0) is 6.62. The first-order valence-electron chi connectivity index (χ1n) is 2.93. The highest BCUT2D eigenvalue weighted by Crippen LogP contribution is 2.39. The van der Waals surface area contributed by atoms with Crippen LogP contribution >= 0.6 is 7.37 Å². The minimum absolute atomic E-state index is 0.418. The lowest BCUT2D eigenvalue weighted by molar-refractivity contribution is 0.478. The van der Waals surface area contributed by atoms with Crippen LogP contribution in [0.3, 0.4) is 0 Å². The second-order valence-electron chi connectivity index (χ2n) is 1.89. The minimum Gasteiger partial charge on any atom is -0.344 e. The van der Waals surface area contributed by atoms with Gasteiger partial charge in [-0.15, -0.1) is 0 Å². The van der Waals surface area contributed by atoms with Gasteiger partial charge in [0, 0.05) is 12.3 Å². The molecule has 1 atom stereocenters. The third-order valence-electron chi connectivity index (χ3n) is 1.07. The molecule has 8 heavy (non-hydrogen) atoms. The molecule has 1 unspecified atom stereocenters. The van der Waals surface area contributed by atoms with E-state index in [1.807, 2.05) is 6.92 Å². The van der Waals surface area contributed by atoms with Gasteiger partial charge in [0.25, 0.3) is 0 Å². The van der Waals surface area contributed by atoms with Crippen molar-refractivity contribution in [3.05, 3.63) is 0 Å². The second kappa shape index (κ2) is 3.26. The zero-order valence-corrected chi connectivity index (χ0v) is 6.32. The Bertz CT molecular complexity index is 101. The number of hydrogen-bond donors (Lipinski definition) is 1. The van der Waals surface area contributed by atoms with Gasteiger partial charge in [0.15, 0.2) is 7.37 Å². The van der Waals surface area contributed by atoms with Crippen LogP contribution in [0, 0.1) is 0 Å². The Morgan fingerprint density at radius 3 is 2.12 bits per heavy atom. The molecule has 0 saturated carbocycles. The predicted molar refractivity (Wildman–Crippen MR) is 35.5 cm³/mol. The van der Waals surface area contributed by atoms with Gasteiger partial charge in [-0.05, 0) is 6.42 Å². The van der Waals surface area contributed by atoms with Gasteiger partial charge in [-0.25, -0.2) is 0 Å². The second-order valence-corrected chi connectivity index (χ2v) is 4.66. The molecule has 0 aromatic heterocycles. The minimum atomic E-state index is -2.67. The van der Waals surface area contributed by atoms with E-state index in [-0.39, 0.29) is 0 Å². The van der Waals surface area contributed by atoms with E-state index in [2.05, 4.69) is 0 Å². The van der Waals surface area contributed by atoms with E-state index in [4.69, 9.17) is 4.89 Å². The summed E-state index contributed by atoms with van der Waals surface area (Å²) in [6.45, 7) is 3.66. The molecule has 0 aromatic carbocycles. The third-order valence-corrected chi connectivity index (χ3v) is 3.20. The van der Waals surface area contributed by atoms with Gasteiger partial charge in [-0.3, -0.25) is 4.57 Å². The molecule has 0 radical (unpaired) electrons. The third kappa shape index (κ3) is 3.23. The van der Waals surface area contributed by atoms with Crippen molar-refractivity contribution in [1.82, 2.24) is 0 Å². The normalized spacial score (nSPS) is 17.9. The molecule has 0 rings (SSSR count). The Labute approximate surface area is 50.4 Å². The van der Waals surface area contributed by atoms with Crippen LogP contribution in [-0.2, 0) is 4.57 Å². The molecule has 0 aromatic rings. The van der Waals surface area contributed by atoms with Crippen LogP contribution in [0.15, 0.2) is 0 Å². The van der Waals surface area contributed by atoms with Gasteiger partial charge in [-0.2, -0.15) is 0 Å². The molecule has 0 bridgehead atoms. The summed E-state index contributed by atoms with van der Waals surface area (Å²) >= 11 is 0. The van der Waals surface area contributed by atoms with Crippen LogP contribution in [0.4, 0.5) is 0 Å². The lowest BCUT2D eigenvalue weighted by atomic mass is 10.6. The molecule has 0 heterocycles. The van der Waals surface area contributed by atoms with Gasteiger partial charge in [0.1, 0.15) is 0 Å². The Morgan fingerprint density at radius 1 is 1.50 bits per heavy atom. The number of hydrogen-bond acceptors (Lipinski definition) is 1. The van der Waals surface area contributed by atoms with Crippen LogP contribution in [-0.4, -0.2) is 17.2 Å². The summed E-state index contributed by atoms with van der Waals surface area (Å²) < 4.78 is 10.7. The van der Waals surface area contributed by atoms with Crippen molar-refractivity contribution in [2.45, 2.75) is 20.3 Å². The molecule has 2 nitrogen and oxygen atoms in total. The monoisotopic (exact) mass is 136 g/mol. The van der Waals surface area contributed by atoms with Crippen LogP contribution in [0.25, 0.3) is 0 Å². The van der Waals surface area contributed by atoms with Gasteiger partial charge < -0.3 is 4.89 Å². The van der Waals surface area contributed by atoms with Crippen molar-refractivity contribution in [3.63, 3.8) is 0 Å². The van der Waals surface area contributed by atoms with Crippen LogP contribution < -0.4 is 0 Å². The number of rotatable bonds is 3. The van der Waals surface area contributed by atoms with E-state index < -0.39 is 7.37 Å². The summed E-state index contributed by atoms with van der Waals surface area (Å²) in [5.41, 5.74) is 0. The quantitative estimate of drug-likeness (QED) is 0.599. The van der Waals surface area contributed by atoms with E-state index in [9.17, 15) is 4.57 Å². The fourth-order valence-corrected chi connectivity index (χ4v) is 1.52. The van der Waals surface area contributed by atoms with Gasteiger partial charge in [-0.1, -0.05) is 13.8 Å². The maximum absolute atomic E-state index is 10.7. The van der Waals surface area contributed by atoms with Crippen LogP contribution in [0.2, 0.25) is 0 Å². The van der Waals surface area contributed by atoms with Gasteiger partial charge in [0.2, 0.25) is 0 Å². The molecule has 0 aliphatic heterocycles. The van der Waals surface area contributed by atoms with Crippen molar-refractivity contribution in [3.8, 4) is 0 Å². The first kappa shape index (κ1) is 8.19. The largest absolute Gasteiger partial charge is 0.344 e. The van der Waals surface area contributed by atoms with E-state index in [0.717, 1.165) is 6.42 Å². The molecule has 0 spiro atoms. The molecule has 0 saturated heterocycles. The summed E-state index contributed by atoms with van der Waals surface area (Å²) in [7, 11) is -2.67. The maximum Gasteiger partial charge on any atom is 0.200 e.